The van der Waals surface area contributed by atoms with Gasteiger partial charge in [-0.1, -0.05) is 18.2 Å². The Bertz CT molecular complexity index is 593. The van der Waals surface area contributed by atoms with Crippen LogP contribution >= 0.6 is 0 Å². The Balaban J connectivity index is 2.24. The normalized spacial score (nSPS) is 17.1. The molecule has 1 heterocycles. The molecular weight excluding hydrogens is 214 g/mol. The largest absolute Gasteiger partial charge is 0.468 e. The van der Waals surface area contributed by atoms with Crippen molar-refractivity contribution in [1.82, 2.24) is 4.98 Å². The minimum atomic E-state index is -0.390. The number of fused-ring (bicyclic) bond motifs is 1. The lowest BCUT2D eigenvalue weighted by atomic mass is 9.93. The Morgan fingerprint density at radius 3 is 2.71 bits per heavy atom. The number of nitrogens with one attached hydrogen (secondary N) is 1. The molecule has 0 radical (unpaired) electrons. The number of H-pyrrole nitrogens is 1. The van der Waals surface area contributed by atoms with Crippen molar-refractivity contribution in [3.8, 4) is 0 Å². The first-order valence-corrected chi connectivity index (χ1v) is 5.85. The standard InChI is InChI=1S/C14H15NO2/c1-9-12(14(7-8-14)13(16)17-2)10-5-3-4-6-11(10)15-9/h3-6,15H,7-8H2,1-2H3. The first kappa shape index (κ1) is 10.4. The van der Waals surface area contributed by atoms with Crippen molar-refractivity contribution in [2.24, 2.45) is 0 Å². The van der Waals surface area contributed by atoms with Crippen molar-refractivity contribution < 1.29 is 9.53 Å². The molecular formula is C14H15NO2. The highest BCUT2D eigenvalue weighted by molar-refractivity contribution is 5.96. The molecule has 88 valence electrons. The van der Waals surface area contributed by atoms with Gasteiger partial charge in [0, 0.05) is 16.6 Å². The quantitative estimate of drug-likeness (QED) is 0.804. The van der Waals surface area contributed by atoms with Gasteiger partial charge in [-0.3, -0.25) is 4.79 Å². The highest BCUT2D eigenvalue weighted by Gasteiger charge is 2.54. The Labute approximate surface area is 99.8 Å². The molecule has 2 aromatic rings. The molecule has 3 nitrogen and oxygen atoms in total. The van der Waals surface area contributed by atoms with E-state index in [9.17, 15) is 4.79 Å². The lowest BCUT2D eigenvalue weighted by molar-refractivity contribution is -0.143. The molecule has 0 atom stereocenters. The third-order valence-corrected chi connectivity index (χ3v) is 3.70. The van der Waals surface area contributed by atoms with E-state index in [1.807, 2.05) is 25.1 Å². The lowest BCUT2D eigenvalue weighted by Gasteiger charge is -2.13. The SMILES string of the molecule is COC(=O)C1(c2c(C)[nH]c3ccccc23)CC1. The number of carbonyl (C=O) groups is 1. The van der Waals surface area contributed by atoms with Crippen LogP contribution in [0.1, 0.15) is 24.1 Å². The van der Waals surface area contributed by atoms with Gasteiger partial charge in [-0.25, -0.2) is 0 Å². The number of aromatic nitrogens is 1. The number of esters is 1. The minimum absolute atomic E-state index is 0.106. The summed E-state index contributed by atoms with van der Waals surface area (Å²) in [5.41, 5.74) is 2.91. The fourth-order valence-electron chi connectivity index (χ4n) is 2.77. The summed E-state index contributed by atoms with van der Waals surface area (Å²) in [6.45, 7) is 2.03. The molecule has 1 aliphatic rings. The fourth-order valence-corrected chi connectivity index (χ4v) is 2.77. The monoisotopic (exact) mass is 229 g/mol. The van der Waals surface area contributed by atoms with Gasteiger partial charge in [-0.15, -0.1) is 0 Å². The number of rotatable bonds is 2. The number of methoxy groups -OCH3 is 1. The van der Waals surface area contributed by atoms with E-state index in [4.69, 9.17) is 4.74 Å². The number of aromatic amines is 1. The van der Waals surface area contributed by atoms with Crippen LogP contribution in [0.3, 0.4) is 0 Å². The van der Waals surface area contributed by atoms with Crippen LogP contribution < -0.4 is 0 Å². The number of para-hydroxylation sites is 1. The van der Waals surface area contributed by atoms with Crippen LogP contribution in [0.25, 0.3) is 10.9 Å². The second kappa shape index (κ2) is 3.36. The predicted octanol–water partition coefficient (Wildman–Crippen LogP) is 2.68. The van der Waals surface area contributed by atoms with Gasteiger partial charge >= 0.3 is 5.97 Å². The van der Waals surface area contributed by atoms with Crippen molar-refractivity contribution >= 4 is 16.9 Å². The summed E-state index contributed by atoms with van der Waals surface area (Å²) in [5, 5.41) is 1.15. The fraction of sp³-hybridized carbons (Fsp3) is 0.357. The van der Waals surface area contributed by atoms with Crippen molar-refractivity contribution in [1.29, 1.82) is 0 Å². The summed E-state index contributed by atoms with van der Waals surface area (Å²) in [7, 11) is 1.46. The van der Waals surface area contributed by atoms with Gasteiger partial charge in [-0.05, 0) is 31.4 Å². The molecule has 0 amide bonds. The summed E-state index contributed by atoms with van der Waals surface area (Å²) >= 11 is 0. The number of hydrogen-bond acceptors (Lipinski definition) is 2. The maximum Gasteiger partial charge on any atom is 0.316 e. The Hall–Kier alpha value is -1.77. The van der Waals surface area contributed by atoms with Gasteiger partial charge in [0.2, 0.25) is 0 Å². The van der Waals surface area contributed by atoms with Gasteiger partial charge in [0.25, 0.3) is 0 Å². The van der Waals surface area contributed by atoms with E-state index in [2.05, 4.69) is 11.1 Å². The maximum absolute atomic E-state index is 12.0. The van der Waals surface area contributed by atoms with E-state index in [1.165, 1.54) is 7.11 Å². The topological polar surface area (TPSA) is 42.1 Å². The molecule has 0 spiro atoms. The first-order valence-electron chi connectivity index (χ1n) is 5.85. The van der Waals surface area contributed by atoms with E-state index >= 15 is 0 Å². The first-order chi connectivity index (χ1) is 8.19. The number of aryl methyl sites for hydroxylation is 1. The Morgan fingerprint density at radius 1 is 1.35 bits per heavy atom. The van der Waals surface area contributed by atoms with Crippen molar-refractivity contribution in [2.45, 2.75) is 25.2 Å². The van der Waals surface area contributed by atoms with Crippen LogP contribution in [0.5, 0.6) is 0 Å². The van der Waals surface area contributed by atoms with E-state index in [0.29, 0.717) is 0 Å². The number of benzene rings is 1. The summed E-state index contributed by atoms with van der Waals surface area (Å²) < 4.78 is 4.95. The van der Waals surface area contributed by atoms with Crippen LogP contribution in [0.4, 0.5) is 0 Å². The molecule has 1 N–H and O–H groups in total. The van der Waals surface area contributed by atoms with Gasteiger partial charge < -0.3 is 9.72 Å². The van der Waals surface area contributed by atoms with Crippen molar-refractivity contribution in [3.63, 3.8) is 0 Å². The number of ether oxygens (including phenoxy) is 1. The van der Waals surface area contributed by atoms with Crippen LogP contribution in [0.15, 0.2) is 24.3 Å². The van der Waals surface area contributed by atoms with Crippen molar-refractivity contribution in [3.05, 3.63) is 35.5 Å². The lowest BCUT2D eigenvalue weighted by Crippen LogP contribution is -2.22. The van der Waals surface area contributed by atoms with Gasteiger partial charge in [-0.2, -0.15) is 0 Å². The number of carbonyl (C=O) groups excluding carboxylic acids is 1. The molecule has 3 rings (SSSR count). The van der Waals surface area contributed by atoms with Gasteiger partial charge in [0.05, 0.1) is 12.5 Å². The summed E-state index contributed by atoms with van der Waals surface area (Å²) in [6.07, 6.45) is 1.78. The third-order valence-electron chi connectivity index (χ3n) is 3.70. The maximum atomic E-state index is 12.0. The molecule has 0 bridgehead atoms. The molecule has 0 saturated heterocycles. The Kier molecular flexibility index (Phi) is 2.05. The molecule has 3 heteroatoms. The molecule has 17 heavy (non-hydrogen) atoms. The van der Waals surface area contributed by atoms with Gasteiger partial charge in [0.1, 0.15) is 0 Å². The zero-order valence-corrected chi connectivity index (χ0v) is 10.0. The minimum Gasteiger partial charge on any atom is -0.468 e. The zero-order chi connectivity index (χ0) is 12.0. The molecule has 0 aliphatic heterocycles. The second-order valence-corrected chi connectivity index (χ2v) is 4.74. The molecule has 1 aromatic carbocycles. The van der Waals surface area contributed by atoms with E-state index in [1.54, 1.807) is 0 Å². The summed E-state index contributed by atoms with van der Waals surface area (Å²) in [5.74, 6) is -0.106. The second-order valence-electron chi connectivity index (χ2n) is 4.74. The average Bonchev–Trinajstić information content (AvgIpc) is 3.06. The van der Waals surface area contributed by atoms with Crippen molar-refractivity contribution in [2.75, 3.05) is 7.11 Å². The summed E-state index contributed by atoms with van der Waals surface area (Å²) in [6, 6.07) is 8.11. The van der Waals surface area contributed by atoms with Crippen LogP contribution in [0.2, 0.25) is 0 Å². The average molecular weight is 229 g/mol. The van der Waals surface area contributed by atoms with E-state index in [0.717, 1.165) is 35.0 Å². The number of hydrogen-bond donors (Lipinski definition) is 1. The molecule has 1 fully saturated rings. The third kappa shape index (κ3) is 1.32. The van der Waals surface area contributed by atoms with E-state index in [-0.39, 0.29) is 5.97 Å². The van der Waals surface area contributed by atoms with Crippen LogP contribution in [-0.2, 0) is 14.9 Å². The van der Waals surface area contributed by atoms with Crippen LogP contribution in [0, 0.1) is 6.92 Å². The summed E-state index contributed by atoms with van der Waals surface area (Å²) in [4.78, 5) is 15.3. The molecule has 0 unspecified atom stereocenters. The van der Waals surface area contributed by atoms with Crippen LogP contribution in [-0.4, -0.2) is 18.1 Å². The van der Waals surface area contributed by atoms with E-state index < -0.39 is 5.41 Å². The zero-order valence-electron chi connectivity index (χ0n) is 10.0. The molecule has 1 aliphatic carbocycles. The molecule has 1 aromatic heterocycles. The smallest absolute Gasteiger partial charge is 0.316 e. The highest BCUT2D eigenvalue weighted by Crippen LogP contribution is 2.52. The molecule has 1 saturated carbocycles. The van der Waals surface area contributed by atoms with Gasteiger partial charge in [0.15, 0.2) is 0 Å². The predicted molar refractivity (Wildman–Crippen MR) is 66.0 cm³/mol. The Morgan fingerprint density at radius 2 is 2.06 bits per heavy atom. The highest BCUT2D eigenvalue weighted by atomic mass is 16.5.